The Kier molecular flexibility index (Phi) is 3.11. The Morgan fingerprint density at radius 3 is 1.56 bits per heavy atom. The fourth-order valence-electron chi connectivity index (χ4n) is 2.62. The summed E-state index contributed by atoms with van der Waals surface area (Å²) in [6.45, 7) is 1.31. The van der Waals surface area contributed by atoms with Gasteiger partial charge >= 0.3 is 11.9 Å². The monoisotopic (exact) mass is 228 g/mol. The standard InChI is InChI=1S/C10H16N2O4/c13-9(14)7-3-1-5-11(7)12-6-2-4-8(12)10(15)16/h7-8H,1-6H2,(H,13,14)(H,15,16)/t7-,8-/m1/s1. The summed E-state index contributed by atoms with van der Waals surface area (Å²) in [6, 6.07) is -1.08. The van der Waals surface area contributed by atoms with Gasteiger partial charge in [0.2, 0.25) is 0 Å². The van der Waals surface area contributed by atoms with Crippen molar-refractivity contribution < 1.29 is 19.8 Å². The zero-order chi connectivity index (χ0) is 11.7. The molecule has 2 aliphatic heterocycles. The van der Waals surface area contributed by atoms with E-state index in [-0.39, 0.29) is 0 Å². The second kappa shape index (κ2) is 4.39. The van der Waals surface area contributed by atoms with E-state index in [1.54, 1.807) is 10.0 Å². The van der Waals surface area contributed by atoms with Crippen molar-refractivity contribution in [3.63, 3.8) is 0 Å². The molecular weight excluding hydrogens is 212 g/mol. The van der Waals surface area contributed by atoms with Crippen LogP contribution in [0.4, 0.5) is 0 Å². The van der Waals surface area contributed by atoms with E-state index in [9.17, 15) is 9.59 Å². The fraction of sp³-hybridized carbons (Fsp3) is 0.800. The molecule has 2 heterocycles. The van der Waals surface area contributed by atoms with Crippen LogP contribution in [-0.4, -0.2) is 57.3 Å². The number of hydrogen-bond donors (Lipinski definition) is 2. The van der Waals surface area contributed by atoms with Crippen molar-refractivity contribution in [1.29, 1.82) is 0 Å². The molecule has 0 aromatic heterocycles. The highest BCUT2D eigenvalue weighted by atomic mass is 16.4. The molecule has 6 nitrogen and oxygen atoms in total. The van der Waals surface area contributed by atoms with Crippen LogP contribution in [0.5, 0.6) is 0 Å². The fourth-order valence-corrected chi connectivity index (χ4v) is 2.62. The molecule has 0 spiro atoms. The van der Waals surface area contributed by atoms with E-state index in [1.807, 2.05) is 0 Å². The Morgan fingerprint density at radius 2 is 1.25 bits per heavy atom. The molecule has 90 valence electrons. The third kappa shape index (κ3) is 1.90. The minimum Gasteiger partial charge on any atom is -0.480 e. The maximum atomic E-state index is 11.0. The minimum atomic E-state index is -0.853. The molecule has 16 heavy (non-hydrogen) atoms. The highest BCUT2D eigenvalue weighted by molar-refractivity contribution is 5.75. The van der Waals surface area contributed by atoms with E-state index in [4.69, 9.17) is 10.2 Å². The van der Waals surface area contributed by atoms with Crippen LogP contribution in [0.1, 0.15) is 25.7 Å². The van der Waals surface area contributed by atoms with Crippen molar-refractivity contribution >= 4 is 11.9 Å². The molecule has 0 radical (unpaired) electrons. The van der Waals surface area contributed by atoms with E-state index in [1.165, 1.54) is 0 Å². The van der Waals surface area contributed by atoms with Crippen LogP contribution in [-0.2, 0) is 9.59 Å². The Hall–Kier alpha value is -1.14. The molecule has 0 amide bonds. The number of hydrogen-bond acceptors (Lipinski definition) is 4. The lowest BCUT2D eigenvalue weighted by Gasteiger charge is -2.33. The molecule has 0 aromatic rings. The van der Waals surface area contributed by atoms with Gasteiger partial charge in [-0.2, -0.15) is 0 Å². The number of nitrogens with zero attached hydrogens (tertiary/aromatic N) is 2. The van der Waals surface area contributed by atoms with Gasteiger partial charge in [0.15, 0.2) is 0 Å². The van der Waals surface area contributed by atoms with Gasteiger partial charge in [-0.25, -0.2) is 10.0 Å². The SMILES string of the molecule is O=C(O)[C@H]1CCCN1N1CCC[C@@H]1C(=O)O. The Labute approximate surface area is 93.4 Å². The van der Waals surface area contributed by atoms with Crippen molar-refractivity contribution in [2.75, 3.05) is 13.1 Å². The molecule has 2 fully saturated rings. The van der Waals surface area contributed by atoms with Crippen molar-refractivity contribution in [3.05, 3.63) is 0 Å². The van der Waals surface area contributed by atoms with E-state index in [0.29, 0.717) is 25.9 Å². The van der Waals surface area contributed by atoms with Gasteiger partial charge in [0.25, 0.3) is 0 Å². The first-order valence-corrected chi connectivity index (χ1v) is 5.60. The van der Waals surface area contributed by atoms with Gasteiger partial charge in [-0.15, -0.1) is 0 Å². The molecule has 0 aliphatic carbocycles. The molecule has 2 rings (SSSR count). The topological polar surface area (TPSA) is 81.1 Å². The summed E-state index contributed by atoms with van der Waals surface area (Å²) in [5.41, 5.74) is 0. The zero-order valence-electron chi connectivity index (χ0n) is 9.00. The summed E-state index contributed by atoms with van der Waals surface area (Å²) >= 11 is 0. The van der Waals surface area contributed by atoms with Crippen LogP contribution in [0.15, 0.2) is 0 Å². The van der Waals surface area contributed by atoms with Crippen LogP contribution in [0.25, 0.3) is 0 Å². The molecule has 2 atom stereocenters. The summed E-state index contributed by atoms with van der Waals surface area (Å²) in [6.07, 6.45) is 2.86. The maximum Gasteiger partial charge on any atom is 0.322 e. The second-order valence-electron chi connectivity index (χ2n) is 4.32. The molecule has 0 aromatic carbocycles. The number of aliphatic carboxylic acids is 2. The number of carboxylic acids is 2. The van der Waals surface area contributed by atoms with Crippen LogP contribution in [0.2, 0.25) is 0 Å². The average molecular weight is 228 g/mol. The normalized spacial score (nSPS) is 32.0. The van der Waals surface area contributed by atoms with Crippen molar-refractivity contribution in [1.82, 2.24) is 10.0 Å². The van der Waals surface area contributed by atoms with Gasteiger partial charge in [-0.3, -0.25) is 9.59 Å². The molecule has 6 heteroatoms. The van der Waals surface area contributed by atoms with E-state index >= 15 is 0 Å². The Balaban J connectivity index is 2.11. The first kappa shape index (κ1) is 11.3. The first-order chi connectivity index (χ1) is 7.61. The molecule has 2 N–H and O–H groups in total. The summed E-state index contributed by atoms with van der Waals surface area (Å²) in [7, 11) is 0. The van der Waals surface area contributed by atoms with Crippen molar-refractivity contribution in [3.8, 4) is 0 Å². The maximum absolute atomic E-state index is 11.0. The Bertz CT molecular complexity index is 277. The van der Waals surface area contributed by atoms with Crippen molar-refractivity contribution in [2.24, 2.45) is 0 Å². The molecule has 2 aliphatic rings. The van der Waals surface area contributed by atoms with Crippen LogP contribution in [0.3, 0.4) is 0 Å². The summed E-state index contributed by atoms with van der Waals surface area (Å²) < 4.78 is 0. The van der Waals surface area contributed by atoms with E-state index in [0.717, 1.165) is 12.8 Å². The summed E-state index contributed by atoms with van der Waals surface area (Å²) in [5.74, 6) is -1.71. The second-order valence-corrected chi connectivity index (χ2v) is 4.32. The lowest BCUT2D eigenvalue weighted by Crippen LogP contribution is -2.52. The molecule has 0 saturated carbocycles. The molecular formula is C10H16N2O4. The van der Waals surface area contributed by atoms with Gasteiger partial charge in [0.1, 0.15) is 12.1 Å². The van der Waals surface area contributed by atoms with E-state index < -0.39 is 24.0 Å². The first-order valence-electron chi connectivity index (χ1n) is 5.60. The van der Waals surface area contributed by atoms with E-state index in [2.05, 4.69) is 0 Å². The highest BCUT2D eigenvalue weighted by Gasteiger charge is 2.41. The van der Waals surface area contributed by atoms with Gasteiger partial charge in [-0.05, 0) is 25.7 Å². The number of carboxylic acid groups (broad SMARTS) is 2. The molecule has 0 bridgehead atoms. The van der Waals surface area contributed by atoms with Gasteiger partial charge in [0, 0.05) is 13.1 Å². The van der Waals surface area contributed by atoms with Crippen LogP contribution in [0, 0.1) is 0 Å². The molecule has 2 saturated heterocycles. The average Bonchev–Trinajstić information content (AvgIpc) is 2.85. The van der Waals surface area contributed by atoms with Gasteiger partial charge in [0.05, 0.1) is 0 Å². The van der Waals surface area contributed by atoms with Gasteiger partial charge in [-0.1, -0.05) is 0 Å². The van der Waals surface area contributed by atoms with Gasteiger partial charge < -0.3 is 10.2 Å². The Morgan fingerprint density at radius 1 is 0.875 bits per heavy atom. The summed E-state index contributed by atoms with van der Waals surface area (Å²) in [5, 5.41) is 21.6. The highest BCUT2D eigenvalue weighted by Crippen LogP contribution is 2.27. The van der Waals surface area contributed by atoms with Crippen molar-refractivity contribution in [2.45, 2.75) is 37.8 Å². The number of carbonyl (C=O) groups is 2. The third-order valence-corrected chi connectivity index (χ3v) is 3.35. The predicted octanol–water partition coefficient (Wildman–Crippen LogP) is -0.000600. The predicted molar refractivity (Wildman–Crippen MR) is 54.7 cm³/mol. The smallest absolute Gasteiger partial charge is 0.322 e. The van der Waals surface area contributed by atoms with Crippen LogP contribution < -0.4 is 0 Å². The minimum absolute atomic E-state index is 0.542. The number of rotatable bonds is 3. The third-order valence-electron chi connectivity index (χ3n) is 3.35. The zero-order valence-corrected chi connectivity index (χ0v) is 9.00. The quantitative estimate of drug-likeness (QED) is 0.707. The largest absolute Gasteiger partial charge is 0.480 e. The lowest BCUT2D eigenvalue weighted by atomic mass is 10.2. The van der Waals surface area contributed by atoms with Crippen LogP contribution >= 0.6 is 0 Å². The lowest BCUT2D eigenvalue weighted by molar-refractivity contribution is -0.160. The number of hydrazine groups is 1. The summed E-state index contributed by atoms with van der Waals surface area (Å²) in [4.78, 5) is 22.1. The molecule has 0 unspecified atom stereocenters.